The molecule has 6 nitrogen and oxygen atoms in total. The van der Waals surface area contributed by atoms with E-state index in [1.165, 1.54) is 11.3 Å². The van der Waals surface area contributed by atoms with Gasteiger partial charge in [0.2, 0.25) is 0 Å². The first kappa shape index (κ1) is 12.6. The van der Waals surface area contributed by atoms with Crippen LogP contribution in [0.4, 0.5) is 5.13 Å². The summed E-state index contributed by atoms with van der Waals surface area (Å²) < 4.78 is 1.80. The molecule has 7 heteroatoms. The van der Waals surface area contributed by atoms with Gasteiger partial charge in [0.25, 0.3) is 5.91 Å². The third-order valence-electron chi connectivity index (χ3n) is 2.41. The first-order chi connectivity index (χ1) is 8.56. The second-order valence-corrected chi connectivity index (χ2v) is 5.03. The molecular weight excluding hydrogens is 250 g/mol. The molecular formula is C11H15N5OS. The molecule has 0 aliphatic carbocycles. The Bertz CT molecular complexity index is 560. The van der Waals surface area contributed by atoms with E-state index in [0.717, 1.165) is 5.56 Å². The number of aromatic nitrogens is 3. The summed E-state index contributed by atoms with van der Waals surface area (Å²) >= 11 is 1.21. The fourth-order valence-electron chi connectivity index (χ4n) is 1.58. The van der Waals surface area contributed by atoms with E-state index < -0.39 is 0 Å². The average molecular weight is 265 g/mol. The molecule has 0 aliphatic heterocycles. The maximum absolute atomic E-state index is 11.8. The third kappa shape index (κ3) is 2.86. The van der Waals surface area contributed by atoms with E-state index in [4.69, 9.17) is 5.73 Å². The van der Waals surface area contributed by atoms with Crippen molar-refractivity contribution in [1.29, 1.82) is 0 Å². The highest BCUT2D eigenvalue weighted by molar-refractivity contribution is 7.17. The first-order valence-electron chi connectivity index (χ1n) is 5.56. The van der Waals surface area contributed by atoms with Crippen molar-refractivity contribution in [2.24, 2.45) is 0 Å². The van der Waals surface area contributed by atoms with Crippen molar-refractivity contribution in [1.82, 2.24) is 20.1 Å². The number of hydrogen-bond acceptors (Lipinski definition) is 5. The normalized spacial score (nSPS) is 10.6. The lowest BCUT2D eigenvalue weighted by molar-refractivity contribution is 0.0955. The van der Waals surface area contributed by atoms with Crippen LogP contribution in [0.1, 0.15) is 20.9 Å². The summed E-state index contributed by atoms with van der Waals surface area (Å²) in [5.41, 5.74) is 7.33. The number of nitrogen functional groups attached to an aromatic ring is 1. The molecule has 2 rings (SSSR count). The predicted octanol–water partition coefficient (Wildman–Crippen LogP) is 0.969. The van der Waals surface area contributed by atoms with E-state index in [-0.39, 0.29) is 5.91 Å². The van der Waals surface area contributed by atoms with Gasteiger partial charge < -0.3 is 11.1 Å². The Morgan fingerprint density at radius 1 is 1.56 bits per heavy atom. The van der Waals surface area contributed by atoms with Crippen molar-refractivity contribution in [2.45, 2.75) is 20.4 Å². The van der Waals surface area contributed by atoms with Crippen molar-refractivity contribution >= 4 is 22.4 Å². The maximum Gasteiger partial charge on any atom is 0.263 e. The van der Waals surface area contributed by atoms with E-state index in [1.807, 2.05) is 13.1 Å². The van der Waals surface area contributed by atoms with Crippen molar-refractivity contribution in [3.63, 3.8) is 0 Å². The highest BCUT2D eigenvalue weighted by Crippen LogP contribution is 2.19. The minimum Gasteiger partial charge on any atom is -0.375 e. The minimum atomic E-state index is -0.134. The van der Waals surface area contributed by atoms with E-state index in [9.17, 15) is 4.79 Å². The third-order valence-corrected chi connectivity index (χ3v) is 3.39. The number of aryl methyl sites for hydroxylation is 2. The largest absolute Gasteiger partial charge is 0.375 e. The highest BCUT2D eigenvalue weighted by atomic mass is 32.1. The summed E-state index contributed by atoms with van der Waals surface area (Å²) in [5.74, 6) is -0.134. The number of amides is 1. The number of nitrogens with two attached hydrogens (primary N) is 1. The fourth-order valence-corrected chi connectivity index (χ4v) is 2.33. The number of hydrogen-bond donors (Lipinski definition) is 2. The van der Waals surface area contributed by atoms with Crippen LogP contribution in [0.25, 0.3) is 0 Å². The monoisotopic (exact) mass is 265 g/mol. The van der Waals surface area contributed by atoms with Gasteiger partial charge >= 0.3 is 0 Å². The van der Waals surface area contributed by atoms with Crippen LogP contribution in [-0.2, 0) is 6.54 Å². The predicted molar refractivity (Wildman–Crippen MR) is 70.6 cm³/mol. The Morgan fingerprint density at radius 2 is 2.33 bits per heavy atom. The van der Waals surface area contributed by atoms with Gasteiger partial charge in [-0.3, -0.25) is 9.48 Å². The number of nitrogens with zero attached hydrogens (tertiary/aromatic N) is 3. The van der Waals surface area contributed by atoms with E-state index in [1.54, 1.807) is 17.8 Å². The van der Waals surface area contributed by atoms with Crippen molar-refractivity contribution in [2.75, 3.05) is 12.3 Å². The quantitative estimate of drug-likeness (QED) is 0.862. The van der Waals surface area contributed by atoms with Gasteiger partial charge in [-0.1, -0.05) is 11.3 Å². The lowest BCUT2D eigenvalue weighted by Crippen LogP contribution is -2.27. The lowest BCUT2D eigenvalue weighted by atomic mass is 10.4. The Hall–Kier alpha value is -1.89. The van der Waals surface area contributed by atoms with E-state index >= 15 is 0 Å². The Morgan fingerprint density at radius 3 is 2.89 bits per heavy atom. The first-order valence-corrected chi connectivity index (χ1v) is 6.38. The van der Waals surface area contributed by atoms with Gasteiger partial charge in [0.15, 0.2) is 5.13 Å². The molecule has 18 heavy (non-hydrogen) atoms. The van der Waals surface area contributed by atoms with Crippen LogP contribution in [0.5, 0.6) is 0 Å². The molecule has 0 bridgehead atoms. The smallest absolute Gasteiger partial charge is 0.263 e. The van der Waals surface area contributed by atoms with Crippen LogP contribution in [0.3, 0.4) is 0 Å². The lowest BCUT2D eigenvalue weighted by Gasteiger charge is -2.04. The summed E-state index contributed by atoms with van der Waals surface area (Å²) in [4.78, 5) is 16.4. The molecule has 0 spiro atoms. The van der Waals surface area contributed by atoms with Crippen LogP contribution < -0.4 is 11.1 Å². The summed E-state index contributed by atoms with van der Waals surface area (Å²) in [6.45, 7) is 4.92. The zero-order valence-corrected chi connectivity index (χ0v) is 11.1. The van der Waals surface area contributed by atoms with Gasteiger partial charge in [-0.05, 0) is 19.4 Å². The molecule has 2 heterocycles. The summed E-state index contributed by atoms with van der Waals surface area (Å²) in [7, 11) is 0. The van der Waals surface area contributed by atoms with Crippen molar-refractivity contribution in [3.05, 3.63) is 28.5 Å². The number of carbonyl (C=O) groups is 1. The second-order valence-electron chi connectivity index (χ2n) is 4.00. The van der Waals surface area contributed by atoms with Gasteiger partial charge in [0.05, 0.1) is 18.4 Å². The number of rotatable bonds is 4. The molecule has 0 unspecified atom stereocenters. The zero-order chi connectivity index (χ0) is 13.1. The van der Waals surface area contributed by atoms with Gasteiger partial charge in [0.1, 0.15) is 4.88 Å². The Labute approximate surface area is 109 Å². The van der Waals surface area contributed by atoms with Crippen LogP contribution >= 0.6 is 11.3 Å². The maximum atomic E-state index is 11.8. The topological polar surface area (TPSA) is 85.8 Å². The number of anilines is 1. The molecule has 0 atom stereocenters. The van der Waals surface area contributed by atoms with Gasteiger partial charge in [-0.25, -0.2) is 4.98 Å². The van der Waals surface area contributed by atoms with Crippen molar-refractivity contribution < 1.29 is 4.79 Å². The molecule has 0 saturated heterocycles. The molecule has 0 aliphatic rings. The highest BCUT2D eigenvalue weighted by Gasteiger charge is 2.13. The minimum absolute atomic E-state index is 0.134. The molecule has 0 saturated carbocycles. The molecule has 0 radical (unpaired) electrons. The number of thiazole rings is 1. The molecule has 1 amide bonds. The second kappa shape index (κ2) is 5.18. The summed E-state index contributed by atoms with van der Waals surface area (Å²) in [6.07, 6.45) is 3.72. The number of nitrogens with one attached hydrogen (secondary N) is 1. The van der Waals surface area contributed by atoms with Crippen LogP contribution in [0.15, 0.2) is 12.4 Å². The molecule has 2 aromatic rings. The summed E-state index contributed by atoms with van der Waals surface area (Å²) in [5, 5.41) is 7.39. The van der Waals surface area contributed by atoms with Crippen molar-refractivity contribution in [3.8, 4) is 0 Å². The van der Waals surface area contributed by atoms with Crippen LogP contribution in [0, 0.1) is 13.8 Å². The summed E-state index contributed by atoms with van der Waals surface area (Å²) in [6, 6.07) is 0. The molecule has 2 aromatic heterocycles. The fraction of sp³-hybridized carbons (Fsp3) is 0.364. The molecule has 96 valence electrons. The Kier molecular flexibility index (Phi) is 3.61. The Balaban J connectivity index is 1.87. The van der Waals surface area contributed by atoms with Gasteiger partial charge in [-0.15, -0.1) is 0 Å². The number of carbonyl (C=O) groups excluding carboxylic acids is 1. The molecule has 0 fully saturated rings. The van der Waals surface area contributed by atoms with E-state index in [0.29, 0.717) is 28.8 Å². The molecule has 3 N–H and O–H groups in total. The average Bonchev–Trinajstić information content (AvgIpc) is 2.85. The van der Waals surface area contributed by atoms with E-state index in [2.05, 4.69) is 15.4 Å². The van der Waals surface area contributed by atoms with Crippen LogP contribution in [-0.4, -0.2) is 27.2 Å². The van der Waals surface area contributed by atoms with Crippen LogP contribution in [0.2, 0.25) is 0 Å². The zero-order valence-electron chi connectivity index (χ0n) is 10.3. The standard InChI is InChI=1S/C11H15N5OS/c1-7-5-14-16(6-7)4-3-13-10(17)9-8(2)15-11(12)18-9/h5-6H,3-4H2,1-2H3,(H2,12,15)(H,13,17). The SMILES string of the molecule is Cc1cnn(CCNC(=O)c2sc(N)nc2C)c1. The van der Waals surface area contributed by atoms with Gasteiger partial charge in [-0.2, -0.15) is 5.10 Å². The van der Waals surface area contributed by atoms with Gasteiger partial charge in [0, 0.05) is 12.7 Å². The molecule has 0 aromatic carbocycles.